The number of rotatable bonds is 5. The van der Waals surface area contributed by atoms with Crippen LogP contribution in [0.3, 0.4) is 0 Å². The molecule has 0 saturated carbocycles. The smallest absolute Gasteiger partial charge is 0.257 e. The van der Waals surface area contributed by atoms with Crippen molar-refractivity contribution in [1.29, 1.82) is 5.26 Å². The zero-order valence-electron chi connectivity index (χ0n) is 14.4. The normalized spacial score (nSPS) is 10.0. The lowest BCUT2D eigenvalue weighted by Gasteiger charge is -2.08. The van der Waals surface area contributed by atoms with E-state index in [1.54, 1.807) is 30.5 Å². The number of amides is 1. The molecule has 3 aromatic rings. The molecule has 1 heterocycles. The molecule has 0 aliphatic heterocycles. The Balaban J connectivity index is 1.57. The van der Waals surface area contributed by atoms with Crippen LogP contribution in [-0.4, -0.2) is 10.9 Å². The zero-order chi connectivity index (χ0) is 18.4. The SMILES string of the molecule is Cc1ccc(NC(=O)c2ccc(NCc3ccc(C#N)cc3)nc2)cc1. The fourth-order valence-electron chi connectivity index (χ4n) is 2.36. The average Bonchev–Trinajstić information content (AvgIpc) is 2.69. The van der Waals surface area contributed by atoms with Crippen molar-refractivity contribution in [3.05, 3.63) is 89.1 Å². The molecule has 0 saturated heterocycles. The Morgan fingerprint density at radius 2 is 1.77 bits per heavy atom. The summed E-state index contributed by atoms with van der Waals surface area (Å²) in [6.45, 7) is 2.59. The number of nitriles is 1. The molecule has 0 unspecified atom stereocenters. The number of carbonyl (C=O) groups is 1. The minimum absolute atomic E-state index is 0.194. The highest BCUT2D eigenvalue weighted by Gasteiger charge is 2.07. The first-order valence-corrected chi connectivity index (χ1v) is 8.21. The summed E-state index contributed by atoms with van der Waals surface area (Å²) in [5.41, 5.74) is 4.07. The summed E-state index contributed by atoms with van der Waals surface area (Å²) in [6.07, 6.45) is 1.55. The van der Waals surface area contributed by atoms with Crippen molar-refractivity contribution in [2.24, 2.45) is 0 Å². The van der Waals surface area contributed by atoms with E-state index in [1.807, 2.05) is 43.3 Å². The fraction of sp³-hybridized carbons (Fsp3) is 0.0952. The van der Waals surface area contributed by atoms with E-state index in [4.69, 9.17) is 5.26 Å². The van der Waals surface area contributed by atoms with Crippen LogP contribution in [0, 0.1) is 18.3 Å². The van der Waals surface area contributed by atoms with Crippen molar-refractivity contribution >= 4 is 17.4 Å². The maximum Gasteiger partial charge on any atom is 0.257 e. The van der Waals surface area contributed by atoms with Crippen LogP contribution in [0.2, 0.25) is 0 Å². The molecule has 5 nitrogen and oxygen atoms in total. The van der Waals surface area contributed by atoms with Crippen LogP contribution in [0.5, 0.6) is 0 Å². The van der Waals surface area contributed by atoms with Gasteiger partial charge < -0.3 is 10.6 Å². The van der Waals surface area contributed by atoms with Crippen molar-refractivity contribution in [2.45, 2.75) is 13.5 Å². The van der Waals surface area contributed by atoms with Crippen LogP contribution < -0.4 is 10.6 Å². The number of nitrogens with one attached hydrogen (secondary N) is 2. The standard InChI is InChI=1S/C21H18N4O/c1-15-2-9-19(10-3-15)25-21(26)18-8-11-20(24-14-18)23-13-17-6-4-16(12-22)5-7-17/h2-11,14H,13H2,1H3,(H,23,24)(H,25,26). The molecule has 5 heteroatoms. The largest absolute Gasteiger partial charge is 0.366 e. The van der Waals surface area contributed by atoms with Gasteiger partial charge in [-0.15, -0.1) is 0 Å². The highest BCUT2D eigenvalue weighted by molar-refractivity contribution is 6.04. The minimum Gasteiger partial charge on any atom is -0.366 e. The maximum atomic E-state index is 12.3. The molecule has 26 heavy (non-hydrogen) atoms. The molecule has 0 fully saturated rings. The third kappa shape index (κ3) is 4.46. The molecule has 0 spiro atoms. The predicted molar refractivity (Wildman–Crippen MR) is 102 cm³/mol. The topological polar surface area (TPSA) is 77.8 Å². The average molecular weight is 342 g/mol. The summed E-state index contributed by atoms with van der Waals surface area (Å²) in [5, 5.41) is 14.8. The van der Waals surface area contributed by atoms with E-state index in [9.17, 15) is 4.79 Å². The van der Waals surface area contributed by atoms with Crippen molar-refractivity contribution < 1.29 is 4.79 Å². The lowest BCUT2D eigenvalue weighted by atomic mass is 10.1. The van der Waals surface area contributed by atoms with Gasteiger partial charge in [0.25, 0.3) is 5.91 Å². The molecule has 2 N–H and O–H groups in total. The van der Waals surface area contributed by atoms with Gasteiger partial charge in [0.05, 0.1) is 17.2 Å². The number of benzene rings is 2. The second-order valence-corrected chi connectivity index (χ2v) is 5.91. The molecule has 0 aliphatic rings. The number of aryl methyl sites for hydroxylation is 1. The van der Waals surface area contributed by atoms with Gasteiger partial charge in [-0.1, -0.05) is 29.8 Å². The van der Waals surface area contributed by atoms with Crippen molar-refractivity contribution in [3.8, 4) is 6.07 Å². The van der Waals surface area contributed by atoms with Crippen LogP contribution >= 0.6 is 0 Å². The number of hydrogen-bond donors (Lipinski definition) is 2. The van der Waals surface area contributed by atoms with E-state index >= 15 is 0 Å². The molecule has 0 atom stereocenters. The van der Waals surface area contributed by atoms with Crippen molar-refractivity contribution in [2.75, 3.05) is 10.6 Å². The van der Waals surface area contributed by atoms with Gasteiger partial charge in [0.15, 0.2) is 0 Å². The van der Waals surface area contributed by atoms with Crippen LogP contribution in [0.15, 0.2) is 66.9 Å². The lowest BCUT2D eigenvalue weighted by Crippen LogP contribution is -2.12. The van der Waals surface area contributed by atoms with Crippen LogP contribution in [0.4, 0.5) is 11.5 Å². The molecule has 0 aliphatic carbocycles. The quantitative estimate of drug-likeness (QED) is 0.731. The van der Waals surface area contributed by atoms with Crippen LogP contribution in [0.25, 0.3) is 0 Å². The first-order chi connectivity index (χ1) is 12.6. The van der Waals surface area contributed by atoms with E-state index in [0.29, 0.717) is 23.5 Å². The molecule has 128 valence electrons. The molecule has 1 aromatic heterocycles. The van der Waals surface area contributed by atoms with Gasteiger partial charge in [-0.25, -0.2) is 4.98 Å². The van der Waals surface area contributed by atoms with E-state index in [0.717, 1.165) is 16.8 Å². The van der Waals surface area contributed by atoms with Gasteiger partial charge in [0, 0.05) is 18.4 Å². The number of aromatic nitrogens is 1. The summed E-state index contributed by atoms with van der Waals surface area (Å²) < 4.78 is 0. The summed E-state index contributed by atoms with van der Waals surface area (Å²) in [7, 11) is 0. The van der Waals surface area contributed by atoms with E-state index in [1.165, 1.54) is 0 Å². The molecule has 2 aromatic carbocycles. The third-order valence-corrected chi connectivity index (χ3v) is 3.89. The highest BCUT2D eigenvalue weighted by atomic mass is 16.1. The Hall–Kier alpha value is -3.65. The molecular weight excluding hydrogens is 324 g/mol. The van der Waals surface area contributed by atoms with E-state index in [2.05, 4.69) is 21.7 Å². The van der Waals surface area contributed by atoms with Gasteiger partial charge >= 0.3 is 0 Å². The Bertz CT molecular complexity index is 924. The first kappa shape index (κ1) is 17.2. The number of pyridine rings is 1. The maximum absolute atomic E-state index is 12.3. The fourth-order valence-corrected chi connectivity index (χ4v) is 2.36. The Morgan fingerprint density at radius 1 is 1.04 bits per heavy atom. The molecule has 0 radical (unpaired) electrons. The van der Waals surface area contributed by atoms with E-state index < -0.39 is 0 Å². The second-order valence-electron chi connectivity index (χ2n) is 5.91. The number of nitrogens with zero attached hydrogens (tertiary/aromatic N) is 2. The number of carbonyl (C=O) groups excluding carboxylic acids is 1. The monoisotopic (exact) mass is 342 g/mol. The predicted octanol–water partition coefficient (Wildman–Crippen LogP) is 4.13. The van der Waals surface area contributed by atoms with Gasteiger partial charge in [0.2, 0.25) is 0 Å². The summed E-state index contributed by atoms with van der Waals surface area (Å²) in [5.74, 6) is 0.487. The number of hydrogen-bond acceptors (Lipinski definition) is 4. The Kier molecular flexibility index (Phi) is 5.25. The first-order valence-electron chi connectivity index (χ1n) is 8.21. The summed E-state index contributed by atoms with van der Waals surface area (Å²) in [4.78, 5) is 16.5. The lowest BCUT2D eigenvalue weighted by molar-refractivity contribution is 0.102. The third-order valence-electron chi connectivity index (χ3n) is 3.89. The van der Waals surface area contributed by atoms with Gasteiger partial charge in [0.1, 0.15) is 5.82 Å². The molecule has 0 bridgehead atoms. The molecule has 3 rings (SSSR count). The molecule has 1 amide bonds. The van der Waals surface area contributed by atoms with Crippen LogP contribution in [0.1, 0.15) is 27.0 Å². The van der Waals surface area contributed by atoms with Crippen molar-refractivity contribution in [1.82, 2.24) is 4.98 Å². The van der Waals surface area contributed by atoms with Gasteiger partial charge in [-0.05, 0) is 48.9 Å². The van der Waals surface area contributed by atoms with Gasteiger partial charge in [-0.3, -0.25) is 4.79 Å². The zero-order valence-corrected chi connectivity index (χ0v) is 14.4. The molecular formula is C21H18N4O. The highest BCUT2D eigenvalue weighted by Crippen LogP contribution is 2.12. The Morgan fingerprint density at radius 3 is 2.38 bits per heavy atom. The van der Waals surface area contributed by atoms with E-state index in [-0.39, 0.29) is 5.91 Å². The van der Waals surface area contributed by atoms with Crippen molar-refractivity contribution in [3.63, 3.8) is 0 Å². The second kappa shape index (κ2) is 7.95. The number of anilines is 2. The van der Waals surface area contributed by atoms with Crippen LogP contribution in [-0.2, 0) is 6.54 Å². The summed E-state index contributed by atoms with van der Waals surface area (Å²) >= 11 is 0. The summed E-state index contributed by atoms with van der Waals surface area (Å²) in [6, 6.07) is 20.6. The minimum atomic E-state index is -0.194. The van der Waals surface area contributed by atoms with Gasteiger partial charge in [-0.2, -0.15) is 5.26 Å². The Labute approximate surface area is 152 Å².